The van der Waals surface area contributed by atoms with Crippen LogP contribution < -0.4 is 5.32 Å². The first kappa shape index (κ1) is 16.4. The van der Waals surface area contributed by atoms with Gasteiger partial charge in [0, 0.05) is 31.5 Å². The van der Waals surface area contributed by atoms with E-state index in [1.54, 1.807) is 6.20 Å². The molecular weight excluding hydrogens is 326 g/mol. The molecule has 26 heavy (non-hydrogen) atoms. The summed E-state index contributed by atoms with van der Waals surface area (Å²) in [6.45, 7) is 0.600. The molecular formula is C20H21N5O. The number of carbonyl (C=O) groups excluding carboxylic acids is 1. The highest BCUT2D eigenvalue weighted by molar-refractivity contribution is 5.76. The monoisotopic (exact) mass is 347 g/mol. The second kappa shape index (κ2) is 7.47. The summed E-state index contributed by atoms with van der Waals surface area (Å²) in [5.74, 6) is 2.72. The Kier molecular flexibility index (Phi) is 4.73. The standard InChI is InChI=1S/C20H21N5O/c26-19-12-10-16(14-22-19)20-23-17(11-9-15-6-2-1-3-7-15)24-25(20)18-8-4-5-13-21-18/h1-8,13,16H,9-12,14H2,(H,22,26). The largest absolute Gasteiger partial charge is 0.355 e. The molecule has 1 atom stereocenters. The van der Waals surface area contributed by atoms with Gasteiger partial charge >= 0.3 is 0 Å². The normalized spacial score (nSPS) is 17.1. The molecule has 0 saturated carbocycles. The van der Waals surface area contributed by atoms with Crippen molar-refractivity contribution < 1.29 is 4.79 Å². The van der Waals surface area contributed by atoms with Crippen molar-refractivity contribution in [2.24, 2.45) is 0 Å². The number of aromatic nitrogens is 4. The molecule has 0 aliphatic carbocycles. The van der Waals surface area contributed by atoms with E-state index in [0.29, 0.717) is 13.0 Å². The minimum Gasteiger partial charge on any atom is -0.355 e. The van der Waals surface area contributed by atoms with Gasteiger partial charge in [0.25, 0.3) is 0 Å². The summed E-state index contributed by atoms with van der Waals surface area (Å²) in [4.78, 5) is 20.7. The average Bonchev–Trinajstić information content (AvgIpc) is 3.13. The molecule has 0 spiro atoms. The number of benzene rings is 1. The zero-order valence-electron chi connectivity index (χ0n) is 14.5. The summed E-state index contributed by atoms with van der Waals surface area (Å²) in [6.07, 6.45) is 4.74. The molecule has 1 N–H and O–H groups in total. The Morgan fingerprint density at radius 2 is 1.92 bits per heavy atom. The number of carbonyl (C=O) groups is 1. The molecule has 1 aromatic carbocycles. The number of rotatable bonds is 5. The van der Waals surface area contributed by atoms with Gasteiger partial charge in [0.2, 0.25) is 5.91 Å². The Labute approximate surface area is 152 Å². The van der Waals surface area contributed by atoms with Crippen LogP contribution in [0.2, 0.25) is 0 Å². The fraction of sp³-hybridized carbons (Fsp3) is 0.300. The van der Waals surface area contributed by atoms with Gasteiger partial charge in [-0.1, -0.05) is 36.4 Å². The van der Waals surface area contributed by atoms with Crippen LogP contribution in [0, 0.1) is 0 Å². The topological polar surface area (TPSA) is 72.7 Å². The smallest absolute Gasteiger partial charge is 0.220 e. The lowest BCUT2D eigenvalue weighted by Crippen LogP contribution is -2.34. The van der Waals surface area contributed by atoms with E-state index in [1.165, 1.54) is 5.56 Å². The maximum atomic E-state index is 11.5. The van der Waals surface area contributed by atoms with Crippen molar-refractivity contribution in [3.05, 3.63) is 71.9 Å². The summed E-state index contributed by atoms with van der Waals surface area (Å²) in [7, 11) is 0. The van der Waals surface area contributed by atoms with Crippen molar-refractivity contribution in [2.75, 3.05) is 6.54 Å². The van der Waals surface area contributed by atoms with Crippen LogP contribution >= 0.6 is 0 Å². The summed E-state index contributed by atoms with van der Waals surface area (Å²) >= 11 is 0. The average molecular weight is 347 g/mol. The van der Waals surface area contributed by atoms with E-state index in [2.05, 4.69) is 22.4 Å². The zero-order chi connectivity index (χ0) is 17.8. The Bertz CT molecular complexity index is 866. The number of hydrogen-bond donors (Lipinski definition) is 1. The van der Waals surface area contributed by atoms with Gasteiger partial charge in [0.05, 0.1) is 0 Å². The van der Waals surface area contributed by atoms with Crippen LogP contribution in [0.3, 0.4) is 0 Å². The van der Waals surface area contributed by atoms with Crippen molar-refractivity contribution >= 4 is 5.91 Å². The van der Waals surface area contributed by atoms with Gasteiger partial charge in [0.1, 0.15) is 5.82 Å². The Morgan fingerprint density at radius 1 is 1.08 bits per heavy atom. The third-order valence-electron chi connectivity index (χ3n) is 4.65. The summed E-state index contributed by atoms with van der Waals surface area (Å²) < 4.78 is 1.84. The van der Waals surface area contributed by atoms with E-state index in [-0.39, 0.29) is 11.8 Å². The van der Waals surface area contributed by atoms with Crippen LogP contribution in [-0.4, -0.2) is 32.2 Å². The number of amides is 1. The number of piperidine rings is 1. The molecule has 3 heterocycles. The lowest BCUT2D eigenvalue weighted by atomic mass is 9.98. The summed E-state index contributed by atoms with van der Waals surface area (Å²) in [6, 6.07) is 16.1. The minimum atomic E-state index is 0.106. The maximum absolute atomic E-state index is 11.5. The summed E-state index contributed by atoms with van der Waals surface area (Å²) in [5, 5.41) is 7.66. The predicted molar refractivity (Wildman–Crippen MR) is 98.0 cm³/mol. The van der Waals surface area contributed by atoms with Crippen LogP contribution in [-0.2, 0) is 17.6 Å². The van der Waals surface area contributed by atoms with Crippen molar-refractivity contribution in [1.82, 2.24) is 25.1 Å². The minimum absolute atomic E-state index is 0.106. The molecule has 1 unspecified atom stereocenters. The number of aryl methyl sites for hydroxylation is 2. The quantitative estimate of drug-likeness (QED) is 0.769. The van der Waals surface area contributed by atoms with Crippen LogP contribution in [0.15, 0.2) is 54.7 Å². The maximum Gasteiger partial charge on any atom is 0.220 e. The Hall–Kier alpha value is -3.02. The van der Waals surface area contributed by atoms with Crippen LogP contribution in [0.25, 0.3) is 5.82 Å². The first-order chi connectivity index (χ1) is 12.8. The van der Waals surface area contributed by atoms with Crippen LogP contribution in [0.5, 0.6) is 0 Å². The second-order valence-electron chi connectivity index (χ2n) is 6.51. The molecule has 0 bridgehead atoms. The summed E-state index contributed by atoms with van der Waals surface area (Å²) in [5.41, 5.74) is 1.27. The predicted octanol–water partition coefficient (Wildman–Crippen LogP) is 2.44. The molecule has 2 aromatic heterocycles. The molecule has 132 valence electrons. The molecule has 1 amide bonds. The van der Waals surface area contributed by atoms with Crippen LogP contribution in [0.1, 0.15) is 36.0 Å². The number of hydrogen-bond acceptors (Lipinski definition) is 4. The van der Waals surface area contributed by atoms with E-state index >= 15 is 0 Å². The SMILES string of the molecule is O=C1CCC(c2nc(CCc3ccccc3)nn2-c2ccccn2)CN1. The Morgan fingerprint density at radius 3 is 2.65 bits per heavy atom. The van der Waals surface area contributed by atoms with E-state index in [9.17, 15) is 4.79 Å². The van der Waals surface area contributed by atoms with Crippen molar-refractivity contribution in [1.29, 1.82) is 0 Å². The highest BCUT2D eigenvalue weighted by Gasteiger charge is 2.26. The van der Waals surface area contributed by atoms with Crippen molar-refractivity contribution in [3.8, 4) is 5.82 Å². The first-order valence-corrected chi connectivity index (χ1v) is 8.97. The highest BCUT2D eigenvalue weighted by atomic mass is 16.1. The number of nitrogens with zero attached hydrogens (tertiary/aromatic N) is 4. The number of nitrogens with one attached hydrogen (secondary N) is 1. The fourth-order valence-electron chi connectivity index (χ4n) is 3.24. The molecule has 1 aliphatic heterocycles. The highest BCUT2D eigenvalue weighted by Crippen LogP contribution is 2.24. The lowest BCUT2D eigenvalue weighted by Gasteiger charge is -2.21. The molecule has 6 heteroatoms. The van der Waals surface area contributed by atoms with Gasteiger partial charge in [-0.15, -0.1) is 5.10 Å². The van der Waals surface area contributed by atoms with Gasteiger partial charge in [-0.2, -0.15) is 4.68 Å². The van der Waals surface area contributed by atoms with E-state index in [4.69, 9.17) is 10.1 Å². The molecule has 1 fully saturated rings. The molecule has 1 saturated heterocycles. The van der Waals surface area contributed by atoms with Gasteiger partial charge in [-0.05, 0) is 30.5 Å². The zero-order valence-corrected chi connectivity index (χ0v) is 14.5. The second-order valence-corrected chi connectivity index (χ2v) is 6.51. The lowest BCUT2D eigenvalue weighted by molar-refractivity contribution is -0.122. The first-order valence-electron chi connectivity index (χ1n) is 8.97. The van der Waals surface area contributed by atoms with Gasteiger partial charge in [0.15, 0.2) is 11.6 Å². The molecule has 3 aromatic rings. The van der Waals surface area contributed by atoms with Gasteiger partial charge < -0.3 is 5.32 Å². The van der Waals surface area contributed by atoms with E-state index < -0.39 is 0 Å². The van der Waals surface area contributed by atoms with Crippen molar-refractivity contribution in [2.45, 2.75) is 31.6 Å². The third kappa shape index (κ3) is 3.64. The van der Waals surface area contributed by atoms with Gasteiger partial charge in [-0.3, -0.25) is 4.79 Å². The fourth-order valence-corrected chi connectivity index (χ4v) is 3.24. The molecule has 0 radical (unpaired) electrons. The van der Waals surface area contributed by atoms with Crippen LogP contribution in [0.4, 0.5) is 0 Å². The molecule has 6 nitrogen and oxygen atoms in total. The Balaban J connectivity index is 1.60. The van der Waals surface area contributed by atoms with Gasteiger partial charge in [-0.25, -0.2) is 9.97 Å². The molecule has 4 rings (SSSR count). The van der Waals surface area contributed by atoms with E-state index in [0.717, 1.165) is 36.7 Å². The number of pyridine rings is 1. The third-order valence-corrected chi connectivity index (χ3v) is 4.65. The van der Waals surface area contributed by atoms with Crippen molar-refractivity contribution in [3.63, 3.8) is 0 Å². The molecule has 1 aliphatic rings. The van der Waals surface area contributed by atoms with E-state index in [1.807, 2.05) is 41.1 Å².